The van der Waals surface area contributed by atoms with Gasteiger partial charge in [-0.3, -0.25) is 0 Å². The summed E-state index contributed by atoms with van der Waals surface area (Å²) in [4.78, 5) is 3.55. The summed E-state index contributed by atoms with van der Waals surface area (Å²) in [5, 5.41) is 11.9. The van der Waals surface area contributed by atoms with Crippen LogP contribution >= 0.6 is 0 Å². The van der Waals surface area contributed by atoms with Crippen LogP contribution in [-0.2, 0) is 6.18 Å². The highest BCUT2D eigenvalue weighted by molar-refractivity contribution is 5.52. The Balaban J connectivity index is 2.15. The summed E-state index contributed by atoms with van der Waals surface area (Å²) in [5.41, 5.74) is -0.651. The molecular formula is C14H16F3N3. The van der Waals surface area contributed by atoms with Crippen molar-refractivity contribution in [3.63, 3.8) is 0 Å². The van der Waals surface area contributed by atoms with Gasteiger partial charge in [-0.1, -0.05) is 13.3 Å². The molecule has 0 saturated heterocycles. The summed E-state index contributed by atoms with van der Waals surface area (Å²) in [7, 11) is 0. The van der Waals surface area contributed by atoms with Crippen molar-refractivity contribution in [2.75, 3.05) is 11.9 Å². The lowest BCUT2D eigenvalue weighted by molar-refractivity contribution is -0.141. The molecule has 0 aliphatic heterocycles. The van der Waals surface area contributed by atoms with E-state index in [-0.39, 0.29) is 16.8 Å². The van der Waals surface area contributed by atoms with Crippen LogP contribution in [-0.4, -0.2) is 11.5 Å². The maximum Gasteiger partial charge on any atom is 0.433 e. The minimum atomic E-state index is -4.49. The van der Waals surface area contributed by atoms with Gasteiger partial charge in [0.15, 0.2) is 0 Å². The van der Waals surface area contributed by atoms with E-state index in [1.54, 1.807) is 0 Å². The molecule has 20 heavy (non-hydrogen) atoms. The Morgan fingerprint density at radius 2 is 2.10 bits per heavy atom. The van der Waals surface area contributed by atoms with Crippen LogP contribution in [0.25, 0.3) is 0 Å². The minimum Gasteiger partial charge on any atom is -0.368 e. The number of aromatic nitrogens is 1. The first-order valence-electron chi connectivity index (χ1n) is 6.62. The number of rotatable bonds is 5. The van der Waals surface area contributed by atoms with Crippen molar-refractivity contribution in [1.82, 2.24) is 4.98 Å². The van der Waals surface area contributed by atoms with Gasteiger partial charge < -0.3 is 5.32 Å². The number of anilines is 1. The van der Waals surface area contributed by atoms with Gasteiger partial charge in [-0.15, -0.1) is 0 Å². The molecule has 108 valence electrons. The van der Waals surface area contributed by atoms with E-state index in [4.69, 9.17) is 5.26 Å². The molecule has 1 aliphatic carbocycles. The van der Waals surface area contributed by atoms with Gasteiger partial charge in [-0.25, -0.2) is 4.98 Å². The topological polar surface area (TPSA) is 48.7 Å². The predicted molar refractivity (Wildman–Crippen MR) is 69.0 cm³/mol. The van der Waals surface area contributed by atoms with E-state index in [2.05, 4.69) is 17.2 Å². The number of pyridine rings is 1. The molecule has 1 N–H and O–H groups in total. The van der Waals surface area contributed by atoms with Gasteiger partial charge in [0.2, 0.25) is 0 Å². The highest BCUT2D eigenvalue weighted by Crippen LogP contribution is 2.49. The zero-order chi connectivity index (χ0) is 14.8. The molecule has 0 unspecified atom stereocenters. The standard InChI is InChI=1S/C14H16F3N3/c1-2-5-13(6-7-13)9-19-12-10(8-18)3-4-11(20-12)14(15,16)17/h3-4H,2,5-7,9H2,1H3,(H,19,20). The Bertz CT molecular complexity index is 527. The maximum atomic E-state index is 12.6. The lowest BCUT2D eigenvalue weighted by atomic mass is 10.0. The molecule has 0 spiro atoms. The summed E-state index contributed by atoms with van der Waals surface area (Å²) in [6.07, 6.45) is -0.252. The third-order valence-corrected chi connectivity index (χ3v) is 3.67. The lowest BCUT2D eigenvalue weighted by Gasteiger charge is -2.17. The first kappa shape index (κ1) is 14.6. The quantitative estimate of drug-likeness (QED) is 0.889. The van der Waals surface area contributed by atoms with E-state index in [1.807, 2.05) is 6.07 Å². The second-order valence-corrected chi connectivity index (χ2v) is 5.31. The van der Waals surface area contributed by atoms with Crippen molar-refractivity contribution < 1.29 is 13.2 Å². The van der Waals surface area contributed by atoms with Crippen LogP contribution in [0.4, 0.5) is 19.0 Å². The van der Waals surface area contributed by atoms with E-state index in [0.29, 0.717) is 6.54 Å². The van der Waals surface area contributed by atoms with Crippen LogP contribution in [0.2, 0.25) is 0 Å². The molecular weight excluding hydrogens is 267 g/mol. The fraction of sp³-hybridized carbons (Fsp3) is 0.571. The third kappa shape index (κ3) is 3.21. The van der Waals surface area contributed by atoms with E-state index < -0.39 is 11.9 Å². The monoisotopic (exact) mass is 283 g/mol. The zero-order valence-corrected chi connectivity index (χ0v) is 11.2. The molecule has 0 amide bonds. The second-order valence-electron chi connectivity index (χ2n) is 5.31. The van der Waals surface area contributed by atoms with Crippen molar-refractivity contribution in [2.45, 2.75) is 38.8 Å². The summed E-state index contributed by atoms with van der Waals surface area (Å²) in [5.74, 6) is 0.0321. The smallest absolute Gasteiger partial charge is 0.368 e. The molecule has 0 atom stereocenters. The van der Waals surface area contributed by atoms with Crippen molar-refractivity contribution in [3.05, 3.63) is 23.4 Å². The van der Waals surface area contributed by atoms with E-state index in [9.17, 15) is 13.2 Å². The lowest BCUT2D eigenvalue weighted by Crippen LogP contribution is -2.18. The van der Waals surface area contributed by atoms with Crippen LogP contribution in [0, 0.1) is 16.7 Å². The van der Waals surface area contributed by atoms with E-state index in [1.165, 1.54) is 0 Å². The maximum absolute atomic E-state index is 12.6. The van der Waals surface area contributed by atoms with Crippen molar-refractivity contribution in [1.29, 1.82) is 5.26 Å². The molecule has 2 rings (SSSR count). The summed E-state index contributed by atoms with van der Waals surface area (Å²) >= 11 is 0. The highest BCUT2D eigenvalue weighted by Gasteiger charge is 2.41. The Labute approximate surface area is 115 Å². The van der Waals surface area contributed by atoms with Crippen molar-refractivity contribution in [3.8, 4) is 6.07 Å². The van der Waals surface area contributed by atoms with Crippen LogP contribution in [0.3, 0.4) is 0 Å². The molecule has 0 radical (unpaired) electrons. The fourth-order valence-electron chi connectivity index (χ4n) is 2.34. The first-order valence-corrected chi connectivity index (χ1v) is 6.62. The molecule has 6 heteroatoms. The van der Waals surface area contributed by atoms with Crippen LogP contribution in [0.5, 0.6) is 0 Å². The normalized spacial score (nSPS) is 16.6. The molecule has 1 fully saturated rings. The van der Waals surface area contributed by atoms with Gasteiger partial charge in [0, 0.05) is 6.54 Å². The van der Waals surface area contributed by atoms with Gasteiger partial charge in [0.25, 0.3) is 0 Å². The summed E-state index contributed by atoms with van der Waals surface area (Å²) < 4.78 is 37.9. The predicted octanol–water partition coefficient (Wildman–Crippen LogP) is 3.96. The molecule has 1 aromatic rings. The Hall–Kier alpha value is -1.77. The number of alkyl halides is 3. The number of nitrogens with one attached hydrogen (secondary N) is 1. The Morgan fingerprint density at radius 3 is 2.60 bits per heavy atom. The number of nitriles is 1. The Morgan fingerprint density at radius 1 is 1.40 bits per heavy atom. The van der Waals surface area contributed by atoms with Gasteiger partial charge in [-0.05, 0) is 36.8 Å². The molecule has 3 nitrogen and oxygen atoms in total. The number of hydrogen-bond donors (Lipinski definition) is 1. The zero-order valence-electron chi connectivity index (χ0n) is 11.2. The van der Waals surface area contributed by atoms with Gasteiger partial charge in [0.05, 0.1) is 5.56 Å². The minimum absolute atomic E-state index is 0.0321. The molecule has 1 aromatic heterocycles. The number of halogens is 3. The summed E-state index contributed by atoms with van der Waals surface area (Å²) in [6, 6.07) is 3.87. The average Bonchev–Trinajstić information content (AvgIpc) is 3.15. The van der Waals surface area contributed by atoms with Crippen molar-refractivity contribution >= 4 is 5.82 Å². The Kier molecular flexibility index (Phi) is 3.89. The van der Waals surface area contributed by atoms with Gasteiger partial charge in [0.1, 0.15) is 17.6 Å². The summed E-state index contributed by atoms with van der Waals surface area (Å²) in [6.45, 7) is 2.66. The number of nitrogens with zero attached hydrogens (tertiary/aromatic N) is 2. The largest absolute Gasteiger partial charge is 0.433 e. The second kappa shape index (κ2) is 5.31. The molecule has 1 heterocycles. The van der Waals surface area contributed by atoms with Gasteiger partial charge >= 0.3 is 6.18 Å². The molecule has 1 aliphatic rings. The average molecular weight is 283 g/mol. The molecule has 0 aromatic carbocycles. The highest BCUT2D eigenvalue weighted by atomic mass is 19.4. The fourth-order valence-corrected chi connectivity index (χ4v) is 2.34. The first-order chi connectivity index (χ1) is 9.40. The van der Waals surface area contributed by atoms with Gasteiger partial charge in [-0.2, -0.15) is 18.4 Å². The van der Waals surface area contributed by atoms with E-state index >= 15 is 0 Å². The SMILES string of the molecule is CCCC1(CNc2nc(C(F)(F)F)ccc2C#N)CC1. The molecule has 0 bridgehead atoms. The van der Waals surface area contributed by atoms with Crippen LogP contribution in [0.1, 0.15) is 43.9 Å². The molecule has 1 saturated carbocycles. The van der Waals surface area contributed by atoms with E-state index in [0.717, 1.165) is 37.8 Å². The van der Waals surface area contributed by atoms with Crippen molar-refractivity contribution in [2.24, 2.45) is 5.41 Å². The van der Waals surface area contributed by atoms with Crippen LogP contribution < -0.4 is 5.32 Å². The van der Waals surface area contributed by atoms with Crippen LogP contribution in [0.15, 0.2) is 12.1 Å². The number of hydrogen-bond acceptors (Lipinski definition) is 3. The third-order valence-electron chi connectivity index (χ3n) is 3.67.